The van der Waals surface area contributed by atoms with Crippen LogP contribution in [0.3, 0.4) is 0 Å². The highest BCUT2D eigenvalue weighted by Gasteiger charge is 2.19. The number of benzene rings is 1. The monoisotopic (exact) mass is 287 g/mol. The molecule has 0 aliphatic heterocycles. The van der Waals surface area contributed by atoms with Crippen molar-refractivity contribution in [1.29, 1.82) is 0 Å². The molecule has 0 spiro atoms. The minimum absolute atomic E-state index is 0.229. The molecule has 6 nitrogen and oxygen atoms in total. The first-order valence-corrected chi connectivity index (χ1v) is 6.74. The van der Waals surface area contributed by atoms with E-state index in [9.17, 15) is 4.79 Å². The van der Waals surface area contributed by atoms with Gasteiger partial charge in [-0.1, -0.05) is 24.0 Å². The van der Waals surface area contributed by atoms with E-state index in [1.165, 1.54) is 12.7 Å². The summed E-state index contributed by atoms with van der Waals surface area (Å²) in [5.41, 5.74) is 1.76. The molecule has 0 bridgehead atoms. The molecule has 1 aromatic carbocycles. The van der Waals surface area contributed by atoms with Gasteiger partial charge in [-0.3, -0.25) is 10.1 Å². The predicted molar refractivity (Wildman–Crippen MR) is 78.3 cm³/mol. The zero-order valence-electron chi connectivity index (χ0n) is 12.7. The number of ether oxygens (including phenoxy) is 1. The first-order valence-electron chi connectivity index (χ1n) is 6.74. The van der Waals surface area contributed by atoms with E-state index in [4.69, 9.17) is 4.74 Å². The number of methoxy groups -OCH3 is 1. The number of amides is 1. The van der Waals surface area contributed by atoms with E-state index in [0.717, 1.165) is 6.42 Å². The molecule has 21 heavy (non-hydrogen) atoms. The van der Waals surface area contributed by atoms with Crippen LogP contribution >= 0.6 is 0 Å². The molecule has 0 saturated carbocycles. The van der Waals surface area contributed by atoms with Crippen molar-refractivity contribution in [3.8, 4) is 6.01 Å². The van der Waals surface area contributed by atoms with Crippen LogP contribution in [0.25, 0.3) is 0 Å². The zero-order valence-corrected chi connectivity index (χ0v) is 12.7. The standard InChI is InChI=1S/C15H18N4O2/c1-5-11-6-8-12(9-7-11)13(20)17-14-16-10(2)19(3)15(18-14)21-4/h6-9H,5H2,1-4H3/p+1. The first kappa shape index (κ1) is 14.9. The largest absolute Gasteiger partial charge is 0.444 e. The number of carbonyl (C=O) groups is 1. The normalized spacial score (nSPS) is 10.3. The lowest BCUT2D eigenvalue weighted by molar-refractivity contribution is -0.688. The lowest BCUT2D eigenvalue weighted by atomic mass is 10.1. The third kappa shape index (κ3) is 3.34. The highest BCUT2D eigenvalue weighted by atomic mass is 16.5. The van der Waals surface area contributed by atoms with Gasteiger partial charge in [0.1, 0.15) is 0 Å². The number of hydrogen-bond donors (Lipinski definition) is 1. The molecule has 2 rings (SSSR count). The Balaban J connectivity index is 2.20. The summed E-state index contributed by atoms with van der Waals surface area (Å²) in [7, 11) is 3.32. The first-order chi connectivity index (χ1) is 10.0. The van der Waals surface area contributed by atoms with Gasteiger partial charge in [-0.25, -0.2) is 4.57 Å². The molecular formula is C15H19N4O2+. The highest BCUT2D eigenvalue weighted by molar-refractivity contribution is 6.03. The van der Waals surface area contributed by atoms with Gasteiger partial charge in [0.15, 0.2) is 0 Å². The van der Waals surface area contributed by atoms with Crippen molar-refractivity contribution >= 4 is 11.9 Å². The number of carbonyl (C=O) groups excluding carboxylic acids is 1. The second-order valence-corrected chi connectivity index (χ2v) is 4.64. The smallest absolute Gasteiger partial charge is 0.438 e. The molecule has 1 N–H and O–H groups in total. The van der Waals surface area contributed by atoms with Gasteiger partial charge in [-0.15, -0.1) is 0 Å². The van der Waals surface area contributed by atoms with E-state index in [1.54, 1.807) is 23.7 Å². The Kier molecular flexibility index (Phi) is 4.47. The Morgan fingerprint density at radius 3 is 2.52 bits per heavy atom. The van der Waals surface area contributed by atoms with Gasteiger partial charge in [-0.2, -0.15) is 0 Å². The average molecular weight is 287 g/mol. The van der Waals surface area contributed by atoms with Crippen molar-refractivity contribution in [2.75, 3.05) is 12.4 Å². The number of nitrogens with zero attached hydrogens (tertiary/aromatic N) is 3. The third-order valence-electron chi connectivity index (χ3n) is 3.27. The summed E-state index contributed by atoms with van der Waals surface area (Å²) in [6.45, 7) is 3.89. The van der Waals surface area contributed by atoms with Crippen LogP contribution in [0.15, 0.2) is 24.3 Å². The molecule has 0 saturated heterocycles. The second-order valence-electron chi connectivity index (χ2n) is 4.64. The quantitative estimate of drug-likeness (QED) is 0.864. The van der Waals surface area contributed by atoms with Crippen LogP contribution in [0.5, 0.6) is 6.01 Å². The van der Waals surface area contributed by atoms with Crippen molar-refractivity contribution in [3.05, 3.63) is 41.2 Å². The molecule has 0 aliphatic carbocycles. The molecule has 1 heterocycles. The van der Waals surface area contributed by atoms with E-state index < -0.39 is 0 Å². The number of rotatable bonds is 4. The van der Waals surface area contributed by atoms with Crippen LogP contribution in [-0.4, -0.2) is 23.0 Å². The maximum absolute atomic E-state index is 12.2. The molecule has 110 valence electrons. The lowest BCUT2D eigenvalue weighted by Gasteiger charge is -2.04. The number of anilines is 1. The zero-order chi connectivity index (χ0) is 15.4. The third-order valence-corrected chi connectivity index (χ3v) is 3.27. The van der Waals surface area contributed by atoms with Gasteiger partial charge in [0, 0.05) is 12.5 Å². The Labute approximate surface area is 123 Å². The van der Waals surface area contributed by atoms with Crippen LogP contribution in [-0.2, 0) is 13.5 Å². The molecule has 0 radical (unpaired) electrons. The molecule has 6 heteroatoms. The van der Waals surface area contributed by atoms with Crippen LogP contribution in [0, 0.1) is 6.92 Å². The number of aryl methyl sites for hydroxylation is 2. The number of nitrogens with one attached hydrogen (secondary N) is 1. The highest BCUT2D eigenvalue weighted by Crippen LogP contribution is 2.09. The minimum atomic E-state index is -0.243. The van der Waals surface area contributed by atoms with Crippen molar-refractivity contribution in [1.82, 2.24) is 9.97 Å². The summed E-state index contributed by atoms with van der Waals surface area (Å²) in [6.07, 6.45) is 0.941. The van der Waals surface area contributed by atoms with Crippen LogP contribution in [0.2, 0.25) is 0 Å². The van der Waals surface area contributed by atoms with E-state index >= 15 is 0 Å². The SMILES string of the molecule is CCc1ccc(C(=O)Nc2nc(C)[n+](C)c(OC)n2)cc1. The Morgan fingerprint density at radius 2 is 1.95 bits per heavy atom. The summed E-state index contributed by atoms with van der Waals surface area (Å²) < 4.78 is 6.84. The molecule has 1 aromatic heterocycles. The fraction of sp³-hybridized carbons (Fsp3) is 0.333. The second kappa shape index (κ2) is 6.30. The molecule has 0 unspecified atom stereocenters. The fourth-order valence-electron chi connectivity index (χ4n) is 1.86. The Morgan fingerprint density at radius 1 is 1.29 bits per heavy atom. The minimum Gasteiger partial charge on any atom is -0.444 e. The van der Waals surface area contributed by atoms with E-state index in [-0.39, 0.29) is 11.9 Å². The summed E-state index contributed by atoms with van der Waals surface area (Å²) in [5, 5.41) is 2.68. The predicted octanol–water partition coefficient (Wildman–Crippen LogP) is 1.43. The van der Waals surface area contributed by atoms with Crippen LogP contribution in [0.4, 0.5) is 5.95 Å². The topological polar surface area (TPSA) is 68.0 Å². The number of hydrogen-bond acceptors (Lipinski definition) is 4. The summed E-state index contributed by atoms with van der Waals surface area (Å²) >= 11 is 0. The number of aromatic nitrogens is 3. The van der Waals surface area contributed by atoms with Crippen LogP contribution in [0.1, 0.15) is 28.7 Å². The Bertz CT molecular complexity index is 653. The van der Waals surface area contributed by atoms with E-state index in [2.05, 4.69) is 22.2 Å². The molecule has 0 fully saturated rings. The summed E-state index contributed by atoms with van der Waals surface area (Å²) in [4.78, 5) is 20.5. The maximum atomic E-state index is 12.2. The van der Waals surface area contributed by atoms with Gasteiger partial charge in [0.2, 0.25) is 5.82 Å². The van der Waals surface area contributed by atoms with Crippen molar-refractivity contribution < 1.29 is 14.1 Å². The Hall–Kier alpha value is -2.50. The van der Waals surface area contributed by atoms with Gasteiger partial charge in [-0.05, 0) is 29.1 Å². The van der Waals surface area contributed by atoms with Gasteiger partial charge in [0.05, 0.1) is 14.2 Å². The molecule has 2 aromatic rings. The average Bonchev–Trinajstić information content (AvgIpc) is 2.50. The van der Waals surface area contributed by atoms with Crippen molar-refractivity contribution in [2.24, 2.45) is 7.05 Å². The molecular weight excluding hydrogens is 268 g/mol. The maximum Gasteiger partial charge on any atom is 0.438 e. The van der Waals surface area contributed by atoms with Gasteiger partial charge < -0.3 is 4.74 Å². The summed E-state index contributed by atoms with van der Waals surface area (Å²) in [5.74, 6) is 0.679. The molecule has 1 amide bonds. The molecule has 0 aliphatic rings. The van der Waals surface area contributed by atoms with Crippen LogP contribution < -0.4 is 14.6 Å². The molecule has 0 atom stereocenters. The fourth-order valence-corrected chi connectivity index (χ4v) is 1.86. The van der Waals surface area contributed by atoms with E-state index in [0.29, 0.717) is 17.4 Å². The lowest BCUT2D eigenvalue weighted by Crippen LogP contribution is -2.37. The van der Waals surface area contributed by atoms with Gasteiger partial charge in [0.25, 0.3) is 5.91 Å². The van der Waals surface area contributed by atoms with Crippen molar-refractivity contribution in [3.63, 3.8) is 0 Å². The summed E-state index contributed by atoms with van der Waals surface area (Å²) in [6, 6.07) is 7.85. The van der Waals surface area contributed by atoms with Gasteiger partial charge >= 0.3 is 12.0 Å². The van der Waals surface area contributed by atoms with Crippen molar-refractivity contribution in [2.45, 2.75) is 20.3 Å². The van der Waals surface area contributed by atoms with E-state index in [1.807, 2.05) is 19.1 Å².